The first-order chi connectivity index (χ1) is 14.3. The van der Waals surface area contributed by atoms with Crippen LogP contribution in [0.3, 0.4) is 0 Å². The molecule has 12 heteroatoms. The number of hydrogen-bond acceptors (Lipinski definition) is 6. The van der Waals surface area contributed by atoms with Crippen LogP contribution in [0.25, 0.3) is 0 Å². The van der Waals surface area contributed by atoms with Crippen LogP contribution in [-0.4, -0.2) is 95.6 Å². The Bertz CT molecular complexity index is 760. The zero-order valence-corrected chi connectivity index (χ0v) is 18.2. The number of carbonyl (C=O) groups is 2. The molecule has 31 heavy (non-hydrogen) atoms. The minimum atomic E-state index is -5.08. The molecule has 1 atom stereocenters. The molecule has 0 radical (unpaired) electrons. The van der Waals surface area contributed by atoms with Crippen molar-refractivity contribution in [2.45, 2.75) is 45.0 Å². The van der Waals surface area contributed by atoms with Crippen molar-refractivity contribution in [2.24, 2.45) is 0 Å². The summed E-state index contributed by atoms with van der Waals surface area (Å²) in [6, 6.07) is 0.0699. The Morgan fingerprint density at radius 2 is 1.87 bits per heavy atom. The van der Waals surface area contributed by atoms with Gasteiger partial charge in [0.15, 0.2) is 0 Å². The fourth-order valence-electron chi connectivity index (χ4n) is 3.81. The molecule has 0 aliphatic carbocycles. The normalized spacial score (nSPS) is 22.1. The van der Waals surface area contributed by atoms with E-state index < -0.39 is 12.1 Å². The molecule has 0 bridgehead atoms. The number of amides is 2. The van der Waals surface area contributed by atoms with Crippen molar-refractivity contribution >= 4 is 12.0 Å². The number of carbonyl (C=O) groups excluding carboxylic acids is 1. The Morgan fingerprint density at radius 1 is 1.23 bits per heavy atom. The van der Waals surface area contributed by atoms with Crippen molar-refractivity contribution in [3.05, 3.63) is 17.0 Å². The highest BCUT2D eigenvalue weighted by Gasteiger charge is 2.42. The second-order valence-electron chi connectivity index (χ2n) is 8.05. The Morgan fingerprint density at radius 3 is 2.39 bits per heavy atom. The molecule has 176 valence electrons. The molecule has 1 N–H and O–H groups in total. The lowest BCUT2D eigenvalue weighted by Crippen LogP contribution is -2.61. The van der Waals surface area contributed by atoms with E-state index in [1.165, 1.54) is 5.56 Å². The average Bonchev–Trinajstić information content (AvgIpc) is 2.99. The predicted molar refractivity (Wildman–Crippen MR) is 104 cm³/mol. The van der Waals surface area contributed by atoms with Gasteiger partial charge in [-0.1, -0.05) is 5.16 Å². The zero-order valence-electron chi connectivity index (χ0n) is 18.2. The van der Waals surface area contributed by atoms with Crippen LogP contribution in [0.1, 0.15) is 29.9 Å². The number of aryl methyl sites for hydroxylation is 2. The zero-order chi connectivity index (χ0) is 23.4. The van der Waals surface area contributed by atoms with E-state index in [0.29, 0.717) is 19.7 Å². The van der Waals surface area contributed by atoms with Crippen molar-refractivity contribution in [1.82, 2.24) is 19.9 Å². The molecule has 2 fully saturated rings. The molecular formula is C19H29F3N4O5. The molecule has 1 spiro atoms. The van der Waals surface area contributed by atoms with Crippen LogP contribution >= 0.6 is 0 Å². The second kappa shape index (κ2) is 9.86. The Labute approximate surface area is 178 Å². The van der Waals surface area contributed by atoms with Crippen molar-refractivity contribution < 1.29 is 37.1 Å². The number of rotatable bonds is 2. The van der Waals surface area contributed by atoms with Crippen LogP contribution < -0.4 is 0 Å². The Kier molecular flexibility index (Phi) is 7.93. The van der Waals surface area contributed by atoms with Crippen LogP contribution in [-0.2, 0) is 16.1 Å². The van der Waals surface area contributed by atoms with Gasteiger partial charge in [0, 0.05) is 39.3 Å². The van der Waals surface area contributed by atoms with Gasteiger partial charge in [-0.3, -0.25) is 4.90 Å². The van der Waals surface area contributed by atoms with E-state index in [4.69, 9.17) is 19.2 Å². The second-order valence-corrected chi connectivity index (χ2v) is 8.05. The number of morpholine rings is 1. The van der Waals surface area contributed by atoms with Crippen LogP contribution in [0, 0.1) is 13.8 Å². The molecule has 1 aromatic rings. The summed E-state index contributed by atoms with van der Waals surface area (Å²) in [6.45, 7) is 8.60. The number of aliphatic carboxylic acids is 1. The maximum Gasteiger partial charge on any atom is 0.490 e. The topological polar surface area (TPSA) is 99.4 Å². The lowest BCUT2D eigenvalue weighted by Gasteiger charge is -2.48. The lowest BCUT2D eigenvalue weighted by atomic mass is 9.90. The van der Waals surface area contributed by atoms with Crippen LogP contribution in [0.5, 0.6) is 0 Å². The third kappa shape index (κ3) is 6.57. The number of carboxylic acid groups (broad SMARTS) is 1. The van der Waals surface area contributed by atoms with E-state index >= 15 is 0 Å². The van der Waals surface area contributed by atoms with Gasteiger partial charge in [-0.2, -0.15) is 13.2 Å². The number of ether oxygens (including phenoxy) is 1. The maximum absolute atomic E-state index is 12.3. The molecular weight excluding hydrogens is 421 g/mol. The van der Waals surface area contributed by atoms with Gasteiger partial charge in [-0.05, 0) is 33.2 Å². The van der Waals surface area contributed by atoms with Crippen LogP contribution in [0.15, 0.2) is 4.52 Å². The number of alkyl halides is 3. The maximum atomic E-state index is 12.3. The first-order valence-electron chi connectivity index (χ1n) is 9.89. The van der Waals surface area contributed by atoms with Gasteiger partial charge in [0.25, 0.3) is 0 Å². The SMILES string of the molecule is Cc1noc(C)c1CN1CCCC2(C1)CN(C(=O)N(C)C)CCO2.O=C(O)C(F)(F)F. The third-order valence-electron chi connectivity index (χ3n) is 5.33. The highest BCUT2D eigenvalue weighted by molar-refractivity contribution is 5.74. The molecule has 1 unspecified atom stereocenters. The largest absolute Gasteiger partial charge is 0.490 e. The number of urea groups is 1. The van der Waals surface area contributed by atoms with E-state index in [1.807, 2.05) is 18.7 Å². The van der Waals surface area contributed by atoms with Crippen LogP contribution in [0.2, 0.25) is 0 Å². The third-order valence-corrected chi connectivity index (χ3v) is 5.33. The van der Waals surface area contributed by atoms with E-state index in [1.54, 1.807) is 19.0 Å². The lowest BCUT2D eigenvalue weighted by molar-refractivity contribution is -0.192. The monoisotopic (exact) mass is 450 g/mol. The van der Waals surface area contributed by atoms with E-state index in [9.17, 15) is 18.0 Å². The molecule has 2 aliphatic heterocycles. The van der Waals surface area contributed by atoms with Crippen molar-refractivity contribution in [1.29, 1.82) is 0 Å². The van der Waals surface area contributed by atoms with Gasteiger partial charge in [0.1, 0.15) is 5.76 Å². The van der Waals surface area contributed by atoms with Gasteiger partial charge in [0.2, 0.25) is 0 Å². The number of hydrogen-bond donors (Lipinski definition) is 1. The van der Waals surface area contributed by atoms with E-state index in [-0.39, 0.29) is 11.6 Å². The van der Waals surface area contributed by atoms with Gasteiger partial charge >= 0.3 is 18.2 Å². The summed E-state index contributed by atoms with van der Waals surface area (Å²) < 4.78 is 43.2. The fraction of sp³-hybridized carbons (Fsp3) is 0.737. The standard InChI is InChI=1S/C17H28N4O3.C2HF3O2/c1-13-15(14(2)24-18-13)10-20-7-5-6-17(11-20)12-21(8-9-23-17)16(22)19(3)4;3-2(4,5)1(6)7/h5-12H2,1-4H3;(H,6,7). The minimum Gasteiger partial charge on any atom is -0.475 e. The van der Waals surface area contributed by atoms with E-state index in [2.05, 4.69) is 10.1 Å². The Balaban J connectivity index is 0.000000423. The summed E-state index contributed by atoms with van der Waals surface area (Å²) in [5, 5.41) is 11.2. The molecule has 2 saturated heterocycles. The van der Waals surface area contributed by atoms with Crippen molar-refractivity contribution in [3.8, 4) is 0 Å². The minimum absolute atomic E-state index is 0.0699. The van der Waals surface area contributed by atoms with Crippen LogP contribution in [0.4, 0.5) is 18.0 Å². The molecule has 0 saturated carbocycles. The van der Waals surface area contributed by atoms with Gasteiger partial charge < -0.3 is 24.2 Å². The summed E-state index contributed by atoms with van der Waals surface area (Å²) in [4.78, 5) is 27.2. The smallest absolute Gasteiger partial charge is 0.475 e. The summed E-state index contributed by atoms with van der Waals surface area (Å²) in [6.07, 6.45) is -3.00. The van der Waals surface area contributed by atoms with E-state index in [0.717, 1.165) is 43.9 Å². The molecule has 1 aromatic heterocycles. The number of aromatic nitrogens is 1. The van der Waals surface area contributed by atoms with Crippen molar-refractivity contribution in [3.63, 3.8) is 0 Å². The number of carboxylic acids is 1. The number of nitrogens with zero attached hydrogens (tertiary/aromatic N) is 4. The number of piperidine rings is 1. The molecule has 2 aliphatic rings. The molecule has 3 rings (SSSR count). The highest BCUT2D eigenvalue weighted by Crippen LogP contribution is 2.30. The first-order valence-corrected chi connectivity index (χ1v) is 9.89. The summed E-state index contributed by atoms with van der Waals surface area (Å²) in [7, 11) is 3.60. The summed E-state index contributed by atoms with van der Waals surface area (Å²) in [5.74, 6) is -1.87. The first kappa shape index (κ1) is 24.9. The molecule has 2 amide bonds. The Hall–Kier alpha value is -2.34. The van der Waals surface area contributed by atoms with Gasteiger partial charge in [-0.25, -0.2) is 9.59 Å². The predicted octanol–water partition coefficient (Wildman–Crippen LogP) is 2.27. The highest BCUT2D eigenvalue weighted by atomic mass is 19.4. The summed E-state index contributed by atoms with van der Waals surface area (Å²) in [5.41, 5.74) is 1.88. The summed E-state index contributed by atoms with van der Waals surface area (Å²) >= 11 is 0. The quantitative estimate of drug-likeness (QED) is 0.738. The fourth-order valence-corrected chi connectivity index (χ4v) is 3.81. The number of halogens is 3. The van der Waals surface area contributed by atoms with Gasteiger partial charge in [0.05, 0.1) is 24.4 Å². The average molecular weight is 450 g/mol. The molecule has 0 aromatic carbocycles. The number of likely N-dealkylation sites (tertiary alicyclic amines) is 1. The van der Waals surface area contributed by atoms with Crippen molar-refractivity contribution in [2.75, 3.05) is 46.9 Å². The van der Waals surface area contributed by atoms with Gasteiger partial charge in [-0.15, -0.1) is 0 Å². The molecule has 9 nitrogen and oxygen atoms in total. The molecule has 3 heterocycles.